The maximum absolute atomic E-state index is 12.6. The van der Waals surface area contributed by atoms with E-state index in [4.69, 9.17) is 14.1 Å². The van der Waals surface area contributed by atoms with E-state index in [1.807, 2.05) is 109 Å². The minimum atomic E-state index is -2.61. The van der Waals surface area contributed by atoms with Crippen molar-refractivity contribution in [2.24, 2.45) is 0 Å². The van der Waals surface area contributed by atoms with Crippen LogP contribution in [0.4, 0.5) is 0 Å². The fourth-order valence-corrected chi connectivity index (χ4v) is 9.40. The summed E-state index contributed by atoms with van der Waals surface area (Å²) in [4.78, 5) is 10.4. The molecule has 9 rings (SSSR count). The summed E-state index contributed by atoms with van der Waals surface area (Å²) in [6, 6.07) is 49.0. The van der Waals surface area contributed by atoms with E-state index >= 15 is 0 Å². The van der Waals surface area contributed by atoms with Crippen LogP contribution in [-0.4, -0.2) is 19.6 Å². The van der Waals surface area contributed by atoms with Crippen molar-refractivity contribution in [2.75, 3.05) is 0 Å². The van der Waals surface area contributed by atoms with E-state index in [-0.39, 0.29) is 28.2 Å². The zero-order valence-corrected chi connectivity index (χ0v) is 40.9. The normalized spacial score (nSPS) is 14.2. The van der Waals surface area contributed by atoms with E-state index in [1.165, 1.54) is 0 Å². The van der Waals surface area contributed by atoms with Crippen LogP contribution in [0.5, 0.6) is 5.75 Å². The van der Waals surface area contributed by atoms with Gasteiger partial charge in [-0.3, -0.25) is 9.55 Å². The number of aromatic nitrogens is 3. The van der Waals surface area contributed by atoms with E-state index in [9.17, 15) is 10.6 Å². The largest absolute Gasteiger partial charge is 0.507 e. The first-order chi connectivity index (χ1) is 35.1. The van der Waals surface area contributed by atoms with Crippen LogP contribution in [0.3, 0.4) is 0 Å². The number of imidazole rings is 1. The summed E-state index contributed by atoms with van der Waals surface area (Å²) >= 11 is 0. The second-order valence-corrected chi connectivity index (χ2v) is 20.7. The lowest BCUT2D eigenvalue weighted by molar-refractivity contribution is 0.446. The molecule has 1 N–H and O–H groups in total. The molecule has 7 aromatic carbocycles. The molecule has 2 heterocycles. The van der Waals surface area contributed by atoms with Crippen molar-refractivity contribution in [3.05, 3.63) is 191 Å². The molecule has 0 spiro atoms. The summed E-state index contributed by atoms with van der Waals surface area (Å²) in [6.07, 6.45) is 1.76. The highest BCUT2D eigenvalue weighted by Gasteiger charge is 2.29. The van der Waals surface area contributed by atoms with Crippen molar-refractivity contribution in [1.82, 2.24) is 14.5 Å². The Hall–Kier alpha value is -7.04. The van der Waals surface area contributed by atoms with Crippen LogP contribution in [0, 0.1) is 13.7 Å². The Morgan fingerprint density at radius 1 is 0.574 bits per heavy atom. The van der Waals surface area contributed by atoms with Gasteiger partial charge in [0.15, 0.2) is 0 Å². The number of nitrogens with zero attached hydrogens (tertiary/aromatic N) is 3. The number of aryl methyl sites for hydroxylation is 2. The lowest BCUT2D eigenvalue weighted by Crippen LogP contribution is -2.17. The van der Waals surface area contributed by atoms with Crippen LogP contribution < -0.4 is 0 Å². The van der Waals surface area contributed by atoms with Crippen LogP contribution in [0.1, 0.15) is 124 Å². The number of fused-ring (bicyclic) bond motifs is 1. The summed E-state index contributed by atoms with van der Waals surface area (Å²) in [7, 11) is 0. The van der Waals surface area contributed by atoms with Gasteiger partial charge < -0.3 is 5.11 Å². The Labute approximate surface area is 414 Å². The van der Waals surface area contributed by atoms with Crippen LogP contribution in [0.25, 0.3) is 83.9 Å². The van der Waals surface area contributed by atoms with Crippen molar-refractivity contribution in [3.8, 4) is 78.6 Å². The van der Waals surface area contributed by atoms with Gasteiger partial charge in [-0.15, -0.1) is 0 Å². The van der Waals surface area contributed by atoms with Crippen LogP contribution in [0.2, 0.25) is 0 Å². The zero-order chi connectivity index (χ0) is 54.2. The molecule has 0 amide bonds. The first-order valence-corrected chi connectivity index (χ1v) is 23.6. The number of para-hydroxylation sites is 1. The summed E-state index contributed by atoms with van der Waals surface area (Å²) in [5.74, 6) is -0.422. The molecular weight excluding hydrogens is 827 g/mol. The smallest absolute Gasteiger partial charge is 0.149 e. The number of pyridine rings is 1. The van der Waals surface area contributed by atoms with Gasteiger partial charge >= 0.3 is 0 Å². The topological polar surface area (TPSA) is 50.9 Å². The van der Waals surface area contributed by atoms with E-state index in [0.717, 1.165) is 66.8 Å². The number of benzene rings is 7. The monoisotopic (exact) mass is 899 g/mol. The number of phenolic OH excluding ortho intramolecular Hbond substituents is 1. The van der Waals surface area contributed by atoms with Crippen molar-refractivity contribution >= 4 is 11.0 Å². The van der Waals surface area contributed by atoms with E-state index in [2.05, 4.69) is 97.9 Å². The number of phenols is 1. The predicted molar refractivity (Wildman–Crippen MR) is 288 cm³/mol. The third-order valence-electron chi connectivity index (χ3n) is 13.1. The molecule has 4 nitrogen and oxygen atoms in total. The summed E-state index contributed by atoms with van der Waals surface area (Å²) in [5, 5.41) is 12.6. The van der Waals surface area contributed by atoms with Crippen LogP contribution >= 0.6 is 0 Å². The van der Waals surface area contributed by atoms with Crippen molar-refractivity contribution in [3.63, 3.8) is 0 Å². The molecule has 342 valence electrons. The molecule has 4 heteroatoms. The molecule has 0 unspecified atom stereocenters. The second kappa shape index (κ2) is 17.9. The van der Waals surface area contributed by atoms with Gasteiger partial charge in [0.1, 0.15) is 11.6 Å². The highest BCUT2D eigenvalue weighted by atomic mass is 16.3. The highest BCUT2D eigenvalue weighted by Crippen LogP contribution is 2.46. The van der Waals surface area contributed by atoms with Gasteiger partial charge in [-0.2, -0.15) is 0 Å². The Kier molecular flexibility index (Phi) is 9.99. The molecule has 0 atom stereocenters. The number of hydrogen-bond donors (Lipinski definition) is 1. The van der Waals surface area contributed by atoms with Gasteiger partial charge in [-0.25, -0.2) is 4.98 Å². The average molecular weight is 899 g/mol. The first-order valence-electron chi connectivity index (χ1n) is 27.1. The molecule has 0 aliphatic rings. The second-order valence-electron chi connectivity index (χ2n) is 20.7. The molecule has 0 saturated heterocycles. The third-order valence-corrected chi connectivity index (χ3v) is 13.1. The standard InChI is InChI=1S/C64H65N3O/c1-39(2)51-20-16-21-52(40(3)4)59(51)46-28-29-57(42(6)32-46)67-58-23-17-22-53(60(58)66-62(67)54-37-50(63(7,8)9)38-55(61(54)68)64(10,11)12)48-33-47(43-18-14-13-15-19-43)34-49(35-48)56-36-45(30-31-65-56)44-26-24-41(5)25-27-44/h13-40,68H,1-12H3/i5D3,6D3,39D. The molecule has 9 aromatic rings. The van der Waals surface area contributed by atoms with Crippen molar-refractivity contribution in [2.45, 2.75) is 106 Å². The van der Waals surface area contributed by atoms with E-state index < -0.39 is 25.0 Å². The fourth-order valence-electron chi connectivity index (χ4n) is 9.40. The highest BCUT2D eigenvalue weighted by molar-refractivity contribution is 5.98. The summed E-state index contributed by atoms with van der Waals surface area (Å²) < 4.78 is 62.5. The lowest BCUT2D eigenvalue weighted by atomic mass is 9.79. The number of rotatable bonds is 9. The van der Waals surface area contributed by atoms with E-state index in [0.29, 0.717) is 39.4 Å². The minimum Gasteiger partial charge on any atom is -0.507 e. The molecule has 0 radical (unpaired) electrons. The third kappa shape index (κ3) is 8.81. The Bertz CT molecular complexity index is 3600. The summed E-state index contributed by atoms with van der Waals surface area (Å²) in [5.41, 5.74) is 13.7. The molecule has 0 aliphatic heterocycles. The quantitative estimate of drug-likeness (QED) is 0.157. The summed E-state index contributed by atoms with van der Waals surface area (Å²) in [6.45, 7) is 15.8. The zero-order valence-electron chi connectivity index (χ0n) is 47.9. The molecular formula is C64H65N3O. The fraction of sp³-hybridized carbons (Fsp3) is 0.250. The average Bonchev–Trinajstić information content (AvgIpc) is 3.77. The van der Waals surface area contributed by atoms with Gasteiger partial charge in [0, 0.05) is 32.5 Å². The Morgan fingerprint density at radius 2 is 1.26 bits per heavy atom. The molecule has 0 fully saturated rings. The van der Waals surface area contributed by atoms with Gasteiger partial charge in [0.25, 0.3) is 0 Å². The number of hydrogen-bond acceptors (Lipinski definition) is 3. The van der Waals surface area contributed by atoms with Gasteiger partial charge in [-0.1, -0.05) is 172 Å². The molecule has 0 saturated carbocycles. The van der Waals surface area contributed by atoms with Gasteiger partial charge in [0.05, 0.1) is 28.0 Å². The maximum Gasteiger partial charge on any atom is 0.149 e. The SMILES string of the molecule is [2H]C([2H])([2H])c1ccc(-c2ccnc(-c3cc(-c4ccccc4)cc(-c4cccc5c4nc(-c4cc(C(C)(C)C)cc(C(C)(C)C)c4O)n5-c4ccc(-c5c(C(C)C)cccc5C([2H])(C)C)cc4C([2H])([2H])[2H])c3)c2)cc1. The Balaban J connectivity index is 1.35. The number of aromatic hydroxyl groups is 1. The minimum absolute atomic E-state index is 0.0706. The van der Waals surface area contributed by atoms with Crippen LogP contribution in [0.15, 0.2) is 158 Å². The van der Waals surface area contributed by atoms with Gasteiger partial charge in [0.2, 0.25) is 0 Å². The molecule has 2 aromatic heterocycles. The predicted octanol–water partition coefficient (Wildman–Crippen LogP) is 17.6. The van der Waals surface area contributed by atoms with Gasteiger partial charge in [-0.05, 0) is 152 Å². The maximum atomic E-state index is 12.6. The van der Waals surface area contributed by atoms with Crippen molar-refractivity contribution < 1.29 is 14.7 Å². The Morgan fingerprint density at radius 3 is 1.96 bits per heavy atom. The van der Waals surface area contributed by atoms with Crippen molar-refractivity contribution in [1.29, 1.82) is 0 Å². The molecule has 0 aliphatic carbocycles. The molecule has 0 bridgehead atoms. The lowest BCUT2D eigenvalue weighted by Gasteiger charge is -2.27. The molecule has 68 heavy (non-hydrogen) atoms. The first kappa shape index (κ1) is 38.0. The van der Waals surface area contributed by atoms with E-state index in [1.54, 1.807) is 24.4 Å². The van der Waals surface area contributed by atoms with Crippen LogP contribution in [-0.2, 0) is 10.8 Å².